The normalized spacial score (nSPS) is 13.4. The lowest BCUT2D eigenvalue weighted by Gasteiger charge is -2.36. The summed E-state index contributed by atoms with van der Waals surface area (Å²) in [5, 5.41) is 0.188. The van der Waals surface area contributed by atoms with Crippen molar-refractivity contribution in [3.63, 3.8) is 0 Å². The Labute approximate surface area is 140 Å². The summed E-state index contributed by atoms with van der Waals surface area (Å²) in [6, 6.07) is 7.12. The molecule has 0 saturated carbocycles. The van der Waals surface area contributed by atoms with E-state index in [1.807, 2.05) is 19.1 Å². The smallest absolute Gasteiger partial charge is 0.230 e. The van der Waals surface area contributed by atoms with E-state index in [0.717, 1.165) is 22.8 Å². The van der Waals surface area contributed by atoms with E-state index >= 15 is 0 Å². The molecule has 1 rings (SSSR count). The molecular formula is C16H28O3S2Si. The quantitative estimate of drug-likeness (QED) is 0.397. The summed E-state index contributed by atoms with van der Waals surface area (Å²) in [4.78, 5) is 0.422. The Hall–Kier alpha value is -0.303. The number of aryl methyl sites for hydroxylation is 1. The van der Waals surface area contributed by atoms with Gasteiger partial charge < -0.3 is 4.43 Å². The van der Waals surface area contributed by atoms with Gasteiger partial charge in [0.05, 0.1) is 4.90 Å². The van der Waals surface area contributed by atoms with Crippen LogP contribution < -0.4 is 0 Å². The largest absolute Gasteiger partial charge is 0.417 e. The minimum Gasteiger partial charge on any atom is -0.417 e. The zero-order valence-corrected chi connectivity index (χ0v) is 17.1. The van der Waals surface area contributed by atoms with Gasteiger partial charge in [0.1, 0.15) is 0 Å². The minimum atomic E-state index is -3.26. The fourth-order valence-electron chi connectivity index (χ4n) is 1.67. The second-order valence-electron chi connectivity index (χ2n) is 7.00. The monoisotopic (exact) mass is 360 g/mol. The second-order valence-corrected chi connectivity index (χ2v) is 15.8. The van der Waals surface area contributed by atoms with Gasteiger partial charge >= 0.3 is 0 Å². The number of hydrogen-bond donors (Lipinski definition) is 0. The van der Waals surface area contributed by atoms with E-state index < -0.39 is 17.2 Å². The van der Waals surface area contributed by atoms with Crippen molar-refractivity contribution < 1.29 is 12.8 Å². The molecule has 0 radical (unpaired) electrons. The third kappa shape index (κ3) is 5.40. The Balaban J connectivity index is 2.47. The maximum atomic E-state index is 12.3. The molecule has 0 unspecified atom stereocenters. The van der Waals surface area contributed by atoms with E-state index in [9.17, 15) is 8.42 Å². The lowest BCUT2D eigenvalue weighted by atomic mass is 10.2. The Bertz CT molecular complexity index is 590. The predicted octanol–water partition coefficient (Wildman–Crippen LogP) is 4.83. The minimum absolute atomic E-state index is 0.188. The molecule has 1 aromatic carbocycles. The zero-order chi connectivity index (χ0) is 17.0. The highest BCUT2D eigenvalue weighted by atomic mass is 33.1. The second kappa shape index (κ2) is 7.51. The summed E-state index contributed by atoms with van der Waals surface area (Å²) in [5.41, 5.74) is 0.799. The molecule has 0 aliphatic carbocycles. The lowest BCUT2D eigenvalue weighted by molar-refractivity contribution is 0.289. The van der Waals surface area contributed by atoms with Gasteiger partial charge in [-0.25, -0.2) is 8.42 Å². The van der Waals surface area contributed by atoms with Gasteiger partial charge in [0.2, 0.25) is 8.87 Å². The van der Waals surface area contributed by atoms with Crippen molar-refractivity contribution in [3.8, 4) is 0 Å². The van der Waals surface area contributed by atoms with E-state index in [1.165, 1.54) is 0 Å². The highest BCUT2D eigenvalue weighted by Gasteiger charge is 2.36. The summed E-state index contributed by atoms with van der Waals surface area (Å²) in [5.74, 6) is 0.561. The van der Waals surface area contributed by atoms with Crippen molar-refractivity contribution in [2.24, 2.45) is 0 Å². The summed E-state index contributed by atoms with van der Waals surface area (Å²) in [6.07, 6.45) is 0.752. The molecule has 0 spiro atoms. The van der Waals surface area contributed by atoms with Crippen LogP contribution >= 0.6 is 10.8 Å². The van der Waals surface area contributed by atoms with Crippen LogP contribution in [0.5, 0.6) is 0 Å². The van der Waals surface area contributed by atoms with E-state index in [1.54, 1.807) is 12.1 Å². The first-order valence-corrected chi connectivity index (χ1v) is 13.5. The average molecular weight is 361 g/mol. The molecule has 0 atom stereocenters. The van der Waals surface area contributed by atoms with E-state index in [-0.39, 0.29) is 5.04 Å². The first-order chi connectivity index (χ1) is 9.97. The van der Waals surface area contributed by atoms with Crippen molar-refractivity contribution in [1.29, 1.82) is 0 Å². The molecule has 0 fully saturated rings. The van der Waals surface area contributed by atoms with Gasteiger partial charge in [0.15, 0.2) is 8.32 Å². The summed E-state index contributed by atoms with van der Waals surface area (Å²) >= 11 is 0. The van der Waals surface area contributed by atoms with Crippen LogP contribution in [0.4, 0.5) is 0 Å². The molecule has 0 heterocycles. The van der Waals surface area contributed by atoms with E-state index in [2.05, 4.69) is 33.9 Å². The van der Waals surface area contributed by atoms with Gasteiger partial charge in [-0.1, -0.05) is 39.0 Å². The van der Waals surface area contributed by atoms with Crippen molar-refractivity contribution in [1.82, 2.24) is 0 Å². The molecule has 0 N–H and O–H groups in total. The fraction of sp³-hybridized carbons (Fsp3) is 0.625. The molecular weight excluding hydrogens is 332 g/mol. The molecule has 0 aliphatic heterocycles. The first-order valence-electron chi connectivity index (χ1n) is 7.56. The van der Waals surface area contributed by atoms with Crippen molar-refractivity contribution in [3.05, 3.63) is 29.8 Å². The standard InChI is InChI=1S/C16H28O3S2Si/c1-14-10-7-8-11-15(14)21(17,18)20-13-9-12-19-22(5,6)16(2,3)4/h7-8,10-11H,9,12-13H2,1-6H3. The van der Waals surface area contributed by atoms with Gasteiger partial charge in [0.25, 0.3) is 0 Å². The van der Waals surface area contributed by atoms with Crippen molar-refractivity contribution in [2.75, 3.05) is 12.4 Å². The SMILES string of the molecule is Cc1ccccc1S(=O)(=O)SCCCO[Si](C)(C)C(C)(C)C. The van der Waals surface area contributed by atoms with Crippen LogP contribution in [-0.4, -0.2) is 29.1 Å². The number of rotatable bonds is 7. The van der Waals surface area contributed by atoms with Crippen LogP contribution in [0, 0.1) is 6.92 Å². The van der Waals surface area contributed by atoms with Gasteiger partial charge in [-0.2, -0.15) is 0 Å². The Morgan fingerprint density at radius 3 is 2.32 bits per heavy atom. The topological polar surface area (TPSA) is 43.4 Å². The molecule has 3 nitrogen and oxygen atoms in total. The molecule has 6 heteroatoms. The number of benzene rings is 1. The van der Waals surface area contributed by atoms with Crippen LogP contribution in [0.1, 0.15) is 32.8 Å². The molecule has 126 valence electrons. The van der Waals surface area contributed by atoms with Gasteiger partial charge in [-0.3, -0.25) is 0 Å². The van der Waals surface area contributed by atoms with Gasteiger partial charge in [-0.05, 0) is 53.9 Å². The third-order valence-electron chi connectivity index (χ3n) is 4.16. The van der Waals surface area contributed by atoms with Crippen molar-refractivity contribution in [2.45, 2.75) is 57.1 Å². The summed E-state index contributed by atoms with van der Waals surface area (Å²) in [6.45, 7) is 13.5. The van der Waals surface area contributed by atoms with Crippen LogP contribution in [0.15, 0.2) is 29.2 Å². The third-order valence-corrected chi connectivity index (χ3v) is 12.4. The Kier molecular flexibility index (Phi) is 6.74. The summed E-state index contributed by atoms with van der Waals surface area (Å²) in [7, 11) is -3.98. The maximum Gasteiger partial charge on any atom is 0.230 e. The average Bonchev–Trinajstić information content (AvgIpc) is 2.37. The highest BCUT2D eigenvalue weighted by molar-refractivity contribution is 8.72. The zero-order valence-electron chi connectivity index (χ0n) is 14.5. The molecule has 0 aliphatic rings. The predicted molar refractivity (Wildman–Crippen MR) is 98.6 cm³/mol. The molecule has 0 saturated heterocycles. The number of hydrogen-bond acceptors (Lipinski definition) is 4. The molecule has 0 aromatic heterocycles. The summed E-state index contributed by atoms with van der Waals surface area (Å²) < 4.78 is 30.7. The van der Waals surface area contributed by atoms with Gasteiger partial charge in [0, 0.05) is 12.4 Å². The maximum absolute atomic E-state index is 12.3. The molecule has 22 heavy (non-hydrogen) atoms. The first kappa shape index (κ1) is 19.7. The van der Waals surface area contributed by atoms with Crippen LogP contribution in [-0.2, 0) is 13.3 Å². The van der Waals surface area contributed by atoms with E-state index in [4.69, 9.17) is 4.43 Å². The Morgan fingerprint density at radius 1 is 1.18 bits per heavy atom. The molecule has 0 amide bonds. The van der Waals surface area contributed by atoms with Crippen LogP contribution in [0.3, 0.4) is 0 Å². The molecule has 1 aromatic rings. The van der Waals surface area contributed by atoms with Crippen molar-refractivity contribution >= 4 is 28.0 Å². The lowest BCUT2D eigenvalue weighted by Crippen LogP contribution is -2.41. The van der Waals surface area contributed by atoms with Crippen LogP contribution in [0.25, 0.3) is 0 Å². The van der Waals surface area contributed by atoms with E-state index in [0.29, 0.717) is 17.3 Å². The Morgan fingerprint density at radius 2 is 1.77 bits per heavy atom. The highest BCUT2D eigenvalue weighted by Crippen LogP contribution is 2.36. The fourth-order valence-corrected chi connectivity index (χ4v) is 6.00. The van der Waals surface area contributed by atoms with Crippen LogP contribution in [0.2, 0.25) is 18.1 Å². The molecule has 0 bridgehead atoms. The van der Waals surface area contributed by atoms with Gasteiger partial charge in [-0.15, -0.1) is 0 Å².